The molecule has 0 amide bonds. The molecule has 0 bridgehead atoms. The second-order valence-corrected chi connectivity index (χ2v) is 4.88. The van der Waals surface area contributed by atoms with Crippen LogP contribution >= 0.6 is 23.1 Å². The molecular weight excluding hydrogens is 212 g/mol. The molecule has 0 aliphatic carbocycles. The number of hydrogen-bond acceptors (Lipinski definition) is 3. The van der Waals surface area contributed by atoms with Crippen LogP contribution in [0.15, 0.2) is 10.8 Å². The van der Waals surface area contributed by atoms with Gasteiger partial charge in [-0.1, -0.05) is 23.6 Å². The number of thiophene rings is 1. The first-order valence-electron chi connectivity index (χ1n) is 4.35. The molecule has 0 fully saturated rings. The van der Waals surface area contributed by atoms with Gasteiger partial charge < -0.3 is 0 Å². The average Bonchev–Trinajstić information content (AvgIpc) is 2.51. The summed E-state index contributed by atoms with van der Waals surface area (Å²) in [6, 6.07) is 0. The van der Waals surface area contributed by atoms with Crippen LogP contribution in [-0.4, -0.2) is 10.9 Å². The number of hydrogen-bond donors (Lipinski definition) is 0. The number of thioether (sulfide) groups is 1. The predicted molar refractivity (Wildman–Crippen MR) is 63.7 cm³/mol. The highest BCUT2D eigenvalue weighted by Gasteiger charge is 1.93. The first kappa shape index (κ1) is 11.4. The van der Waals surface area contributed by atoms with Crippen LogP contribution in [0.1, 0.15) is 24.5 Å². The molecule has 0 unspecified atom stereocenters. The van der Waals surface area contributed by atoms with E-state index >= 15 is 0 Å². The van der Waals surface area contributed by atoms with Gasteiger partial charge in [0.05, 0.1) is 0 Å². The van der Waals surface area contributed by atoms with E-state index in [0.717, 1.165) is 17.7 Å². The van der Waals surface area contributed by atoms with Crippen molar-refractivity contribution in [1.29, 1.82) is 0 Å². The Hall–Kier alpha value is -0.720. The summed E-state index contributed by atoms with van der Waals surface area (Å²) in [5.41, 5.74) is 2.35. The summed E-state index contributed by atoms with van der Waals surface area (Å²) in [5, 5.41) is 4.31. The fourth-order valence-electron chi connectivity index (χ4n) is 0.892. The SMILES string of the molecule is CC(=O)SCCC#Cc1cscc1C. The Labute approximate surface area is 92.9 Å². The van der Waals surface area contributed by atoms with Gasteiger partial charge in [0.1, 0.15) is 0 Å². The zero-order valence-electron chi connectivity index (χ0n) is 8.29. The zero-order chi connectivity index (χ0) is 10.4. The molecule has 3 heteroatoms. The molecule has 0 saturated carbocycles. The minimum absolute atomic E-state index is 0.165. The molecule has 1 aromatic rings. The van der Waals surface area contributed by atoms with Crippen molar-refractivity contribution in [2.45, 2.75) is 20.3 Å². The molecule has 0 spiro atoms. The molecule has 14 heavy (non-hydrogen) atoms. The molecule has 0 aliphatic heterocycles. The topological polar surface area (TPSA) is 17.1 Å². The second kappa shape index (κ2) is 5.90. The first-order valence-corrected chi connectivity index (χ1v) is 6.28. The third-order valence-electron chi connectivity index (χ3n) is 1.61. The van der Waals surface area contributed by atoms with Gasteiger partial charge in [0.15, 0.2) is 5.12 Å². The monoisotopic (exact) mass is 224 g/mol. The van der Waals surface area contributed by atoms with E-state index in [1.165, 1.54) is 17.3 Å². The van der Waals surface area contributed by atoms with E-state index in [9.17, 15) is 4.79 Å². The van der Waals surface area contributed by atoms with Crippen molar-refractivity contribution in [3.8, 4) is 11.8 Å². The molecule has 1 heterocycles. The highest BCUT2D eigenvalue weighted by atomic mass is 32.2. The standard InChI is InChI=1S/C11H12OS2/c1-9-7-13-8-11(9)5-3-4-6-14-10(2)12/h7-8H,4,6H2,1-2H3. The van der Waals surface area contributed by atoms with Crippen LogP contribution in [0.2, 0.25) is 0 Å². The molecule has 0 N–H and O–H groups in total. The molecule has 1 nitrogen and oxygen atoms in total. The van der Waals surface area contributed by atoms with Gasteiger partial charge in [-0.25, -0.2) is 0 Å². The first-order chi connectivity index (χ1) is 6.70. The number of rotatable bonds is 2. The fourth-order valence-corrected chi connectivity index (χ4v) is 2.16. The lowest BCUT2D eigenvalue weighted by Gasteiger charge is -1.88. The van der Waals surface area contributed by atoms with Gasteiger partial charge in [-0.2, -0.15) is 11.3 Å². The molecule has 0 aliphatic rings. The van der Waals surface area contributed by atoms with Crippen molar-refractivity contribution in [3.05, 3.63) is 21.9 Å². The van der Waals surface area contributed by atoms with Gasteiger partial charge in [-0.15, -0.1) is 0 Å². The smallest absolute Gasteiger partial charge is 0.185 e. The van der Waals surface area contributed by atoms with Gasteiger partial charge in [0, 0.05) is 30.0 Å². The van der Waals surface area contributed by atoms with E-state index < -0.39 is 0 Å². The van der Waals surface area contributed by atoms with E-state index in [1.54, 1.807) is 18.3 Å². The predicted octanol–water partition coefficient (Wildman–Crippen LogP) is 3.08. The molecule has 1 rings (SSSR count). The van der Waals surface area contributed by atoms with Crippen LogP contribution in [0.4, 0.5) is 0 Å². The normalized spacial score (nSPS) is 9.29. The van der Waals surface area contributed by atoms with Crippen LogP contribution in [0.3, 0.4) is 0 Å². The van der Waals surface area contributed by atoms with Crippen LogP contribution in [0, 0.1) is 18.8 Å². The van der Waals surface area contributed by atoms with Crippen molar-refractivity contribution in [2.75, 3.05) is 5.75 Å². The Morgan fingerprint density at radius 2 is 2.36 bits per heavy atom. The molecule has 1 aromatic heterocycles. The number of aryl methyl sites for hydroxylation is 1. The van der Waals surface area contributed by atoms with Crippen LogP contribution in [0.25, 0.3) is 0 Å². The van der Waals surface area contributed by atoms with Crippen molar-refractivity contribution >= 4 is 28.2 Å². The van der Waals surface area contributed by atoms with E-state index in [4.69, 9.17) is 0 Å². The second-order valence-electron chi connectivity index (χ2n) is 2.86. The Kier molecular flexibility index (Phi) is 4.78. The number of carbonyl (C=O) groups is 1. The average molecular weight is 224 g/mol. The van der Waals surface area contributed by atoms with E-state index in [-0.39, 0.29) is 5.12 Å². The van der Waals surface area contributed by atoms with E-state index in [0.29, 0.717) is 0 Å². The fraction of sp³-hybridized carbons (Fsp3) is 0.364. The molecular formula is C11H12OS2. The third-order valence-corrected chi connectivity index (χ3v) is 3.29. The van der Waals surface area contributed by atoms with Gasteiger partial charge in [-0.3, -0.25) is 4.79 Å². The Morgan fingerprint density at radius 1 is 1.57 bits per heavy atom. The van der Waals surface area contributed by atoms with Crippen LogP contribution in [-0.2, 0) is 4.79 Å². The minimum atomic E-state index is 0.165. The minimum Gasteiger partial charge on any atom is -0.288 e. The summed E-state index contributed by atoms with van der Waals surface area (Å²) in [7, 11) is 0. The summed E-state index contributed by atoms with van der Waals surface area (Å²) < 4.78 is 0. The van der Waals surface area contributed by atoms with Gasteiger partial charge in [0.25, 0.3) is 0 Å². The highest BCUT2D eigenvalue weighted by Crippen LogP contribution is 2.11. The lowest BCUT2D eigenvalue weighted by Crippen LogP contribution is -1.84. The maximum Gasteiger partial charge on any atom is 0.185 e. The van der Waals surface area contributed by atoms with Crippen molar-refractivity contribution < 1.29 is 4.79 Å². The quantitative estimate of drug-likeness (QED) is 0.567. The van der Waals surface area contributed by atoms with Crippen molar-refractivity contribution in [3.63, 3.8) is 0 Å². The number of carbonyl (C=O) groups excluding carboxylic acids is 1. The summed E-state index contributed by atoms with van der Waals surface area (Å²) in [6.07, 6.45) is 0.777. The van der Waals surface area contributed by atoms with E-state index in [2.05, 4.69) is 29.5 Å². The van der Waals surface area contributed by atoms with Gasteiger partial charge in [-0.05, 0) is 17.9 Å². The molecule has 0 saturated heterocycles. The van der Waals surface area contributed by atoms with Crippen molar-refractivity contribution in [2.24, 2.45) is 0 Å². The lowest BCUT2D eigenvalue weighted by atomic mass is 10.2. The summed E-state index contributed by atoms with van der Waals surface area (Å²) >= 11 is 3.01. The zero-order valence-corrected chi connectivity index (χ0v) is 9.93. The summed E-state index contributed by atoms with van der Waals surface area (Å²) in [5.74, 6) is 6.97. The Balaban J connectivity index is 2.34. The largest absolute Gasteiger partial charge is 0.288 e. The third kappa shape index (κ3) is 3.99. The Bertz CT molecular complexity index is 368. The van der Waals surface area contributed by atoms with Crippen LogP contribution in [0.5, 0.6) is 0 Å². The molecule has 0 atom stereocenters. The van der Waals surface area contributed by atoms with Gasteiger partial charge in [0.2, 0.25) is 0 Å². The van der Waals surface area contributed by atoms with Crippen molar-refractivity contribution in [1.82, 2.24) is 0 Å². The van der Waals surface area contributed by atoms with Crippen LogP contribution < -0.4 is 0 Å². The summed E-state index contributed by atoms with van der Waals surface area (Å²) in [6.45, 7) is 3.64. The highest BCUT2D eigenvalue weighted by molar-refractivity contribution is 8.13. The molecule has 0 aromatic carbocycles. The lowest BCUT2D eigenvalue weighted by molar-refractivity contribution is -0.109. The molecule has 74 valence electrons. The summed E-state index contributed by atoms with van der Waals surface area (Å²) in [4.78, 5) is 10.6. The maximum atomic E-state index is 10.6. The Morgan fingerprint density at radius 3 is 2.93 bits per heavy atom. The van der Waals surface area contributed by atoms with Gasteiger partial charge >= 0.3 is 0 Å². The maximum absolute atomic E-state index is 10.6. The van der Waals surface area contributed by atoms with E-state index in [1.807, 2.05) is 0 Å². The molecule has 0 radical (unpaired) electrons.